The molecule has 5 heteroatoms. The van der Waals surface area contributed by atoms with Crippen molar-refractivity contribution in [2.24, 2.45) is 5.92 Å². The van der Waals surface area contributed by atoms with E-state index in [1.54, 1.807) is 6.20 Å². The summed E-state index contributed by atoms with van der Waals surface area (Å²) in [5.41, 5.74) is 1.18. The number of hydrogen-bond acceptors (Lipinski definition) is 3. The van der Waals surface area contributed by atoms with E-state index in [1.807, 2.05) is 12.3 Å². The molecule has 0 bridgehead atoms. The van der Waals surface area contributed by atoms with E-state index in [4.69, 9.17) is 0 Å². The molecule has 0 saturated carbocycles. The van der Waals surface area contributed by atoms with E-state index in [0.717, 1.165) is 38.9 Å². The van der Waals surface area contributed by atoms with E-state index in [9.17, 15) is 4.79 Å². The number of carbonyl (C=O) groups is 1. The average Bonchev–Trinajstić information content (AvgIpc) is 3.10. The summed E-state index contributed by atoms with van der Waals surface area (Å²) >= 11 is 0. The highest BCUT2D eigenvalue weighted by molar-refractivity contribution is 5.85. The van der Waals surface area contributed by atoms with E-state index in [2.05, 4.69) is 21.3 Å². The van der Waals surface area contributed by atoms with Gasteiger partial charge in [0.2, 0.25) is 5.91 Å². The molecule has 0 spiro atoms. The molecule has 0 radical (unpaired) electrons. The van der Waals surface area contributed by atoms with Crippen molar-refractivity contribution in [3.63, 3.8) is 0 Å². The molecule has 3 heterocycles. The summed E-state index contributed by atoms with van der Waals surface area (Å²) in [6.07, 6.45) is 6.83. The number of halogens is 1. The fourth-order valence-electron chi connectivity index (χ4n) is 3.05. The molecule has 2 atom stereocenters. The Kier molecular flexibility index (Phi) is 4.77. The van der Waals surface area contributed by atoms with Gasteiger partial charge >= 0.3 is 0 Å². The normalized spacial score (nSPS) is 26.2. The van der Waals surface area contributed by atoms with Crippen LogP contribution in [-0.2, 0) is 4.79 Å². The Balaban J connectivity index is 0.00000133. The van der Waals surface area contributed by atoms with Gasteiger partial charge < -0.3 is 10.2 Å². The third-order valence-corrected chi connectivity index (χ3v) is 4.01. The summed E-state index contributed by atoms with van der Waals surface area (Å²) in [4.78, 5) is 18.7. The Morgan fingerprint density at radius 2 is 2.32 bits per heavy atom. The van der Waals surface area contributed by atoms with Crippen molar-refractivity contribution in [2.75, 3.05) is 19.6 Å². The van der Waals surface area contributed by atoms with Crippen LogP contribution in [0.1, 0.15) is 30.9 Å². The Labute approximate surface area is 120 Å². The molecule has 2 saturated heterocycles. The lowest BCUT2D eigenvalue weighted by molar-refractivity contribution is -0.135. The van der Waals surface area contributed by atoms with Gasteiger partial charge in [0.25, 0.3) is 0 Å². The zero-order valence-electron chi connectivity index (χ0n) is 10.9. The lowest BCUT2D eigenvalue weighted by Crippen LogP contribution is -2.36. The van der Waals surface area contributed by atoms with Crippen LogP contribution in [0.3, 0.4) is 0 Å². The predicted molar refractivity (Wildman–Crippen MR) is 76.1 cm³/mol. The molecule has 3 rings (SSSR count). The second kappa shape index (κ2) is 6.35. The number of hydrogen-bond donors (Lipinski definition) is 1. The monoisotopic (exact) mass is 281 g/mol. The molecule has 1 N–H and O–H groups in total. The van der Waals surface area contributed by atoms with Crippen LogP contribution in [0.4, 0.5) is 0 Å². The maximum atomic E-state index is 12.5. The van der Waals surface area contributed by atoms with E-state index in [-0.39, 0.29) is 24.4 Å². The minimum atomic E-state index is 0. The quantitative estimate of drug-likeness (QED) is 0.899. The van der Waals surface area contributed by atoms with Crippen LogP contribution in [0.5, 0.6) is 0 Å². The smallest absolute Gasteiger partial charge is 0.227 e. The van der Waals surface area contributed by atoms with Gasteiger partial charge in [-0.15, -0.1) is 12.4 Å². The molecule has 19 heavy (non-hydrogen) atoms. The topological polar surface area (TPSA) is 45.2 Å². The minimum absolute atomic E-state index is 0. The molecule has 2 aliphatic rings. The number of likely N-dealkylation sites (tertiary alicyclic amines) is 1. The van der Waals surface area contributed by atoms with Gasteiger partial charge in [-0.3, -0.25) is 9.78 Å². The molecule has 4 nitrogen and oxygen atoms in total. The molecule has 0 aromatic carbocycles. The van der Waals surface area contributed by atoms with Gasteiger partial charge in [-0.1, -0.05) is 6.07 Å². The average molecular weight is 282 g/mol. The van der Waals surface area contributed by atoms with Gasteiger partial charge in [-0.05, 0) is 37.4 Å². The summed E-state index contributed by atoms with van der Waals surface area (Å²) in [5, 5.41) is 3.27. The number of rotatable bonds is 2. The van der Waals surface area contributed by atoms with Crippen molar-refractivity contribution in [1.82, 2.24) is 15.2 Å². The Morgan fingerprint density at radius 1 is 1.42 bits per heavy atom. The highest BCUT2D eigenvalue weighted by Gasteiger charge is 2.34. The number of nitrogens with zero attached hydrogens (tertiary/aromatic N) is 2. The summed E-state index contributed by atoms with van der Waals surface area (Å²) in [7, 11) is 0. The van der Waals surface area contributed by atoms with E-state index >= 15 is 0 Å². The van der Waals surface area contributed by atoms with Crippen molar-refractivity contribution >= 4 is 18.3 Å². The SMILES string of the molecule is Cl.O=C(C1CCNC1)N1CCCC1c1cccnc1. The molecule has 104 valence electrons. The summed E-state index contributed by atoms with van der Waals surface area (Å²) in [6.45, 7) is 2.71. The maximum absolute atomic E-state index is 12.5. The number of nitrogens with one attached hydrogen (secondary N) is 1. The third-order valence-electron chi connectivity index (χ3n) is 4.01. The highest BCUT2D eigenvalue weighted by atomic mass is 35.5. The molecular formula is C14H20ClN3O. The van der Waals surface area contributed by atoms with Gasteiger partial charge in [-0.2, -0.15) is 0 Å². The molecule has 2 unspecified atom stereocenters. The molecule has 2 aliphatic heterocycles. The van der Waals surface area contributed by atoms with Crippen molar-refractivity contribution in [2.45, 2.75) is 25.3 Å². The van der Waals surface area contributed by atoms with Gasteiger partial charge in [0.1, 0.15) is 0 Å². The molecule has 1 amide bonds. The predicted octanol–water partition coefficient (Wildman–Crippen LogP) is 1.78. The Hall–Kier alpha value is -1.13. The summed E-state index contributed by atoms with van der Waals surface area (Å²) in [6, 6.07) is 4.27. The standard InChI is InChI=1S/C14H19N3O.ClH/c18-14(12-5-7-16-10-12)17-8-2-4-13(17)11-3-1-6-15-9-11;/h1,3,6,9,12-13,16H,2,4-5,7-8,10H2;1H. The number of amides is 1. The van der Waals surface area contributed by atoms with Crippen LogP contribution in [0.25, 0.3) is 0 Å². The Bertz CT molecular complexity index is 420. The molecule has 1 aromatic heterocycles. The van der Waals surface area contributed by atoms with Crippen LogP contribution in [0, 0.1) is 5.92 Å². The zero-order valence-corrected chi connectivity index (χ0v) is 11.7. The lowest BCUT2D eigenvalue weighted by Gasteiger charge is -2.27. The first-order valence-electron chi connectivity index (χ1n) is 6.77. The first kappa shape index (κ1) is 14.3. The molecule has 1 aromatic rings. The second-order valence-electron chi connectivity index (χ2n) is 5.17. The highest BCUT2D eigenvalue weighted by Crippen LogP contribution is 2.33. The minimum Gasteiger partial charge on any atom is -0.335 e. The molecule has 0 aliphatic carbocycles. The zero-order chi connectivity index (χ0) is 12.4. The Morgan fingerprint density at radius 3 is 3.00 bits per heavy atom. The van der Waals surface area contributed by atoms with Crippen LogP contribution in [0.15, 0.2) is 24.5 Å². The summed E-state index contributed by atoms with van der Waals surface area (Å²) in [5.74, 6) is 0.508. The van der Waals surface area contributed by atoms with Crippen LogP contribution < -0.4 is 5.32 Å². The fraction of sp³-hybridized carbons (Fsp3) is 0.571. The van der Waals surface area contributed by atoms with Gasteiger partial charge in [-0.25, -0.2) is 0 Å². The van der Waals surface area contributed by atoms with Gasteiger partial charge in [0, 0.05) is 25.5 Å². The van der Waals surface area contributed by atoms with Crippen molar-refractivity contribution < 1.29 is 4.79 Å². The molecule has 2 fully saturated rings. The van der Waals surface area contributed by atoms with Crippen molar-refractivity contribution in [3.8, 4) is 0 Å². The van der Waals surface area contributed by atoms with E-state index < -0.39 is 0 Å². The van der Waals surface area contributed by atoms with Gasteiger partial charge in [0.15, 0.2) is 0 Å². The maximum Gasteiger partial charge on any atom is 0.227 e. The van der Waals surface area contributed by atoms with Crippen LogP contribution in [0.2, 0.25) is 0 Å². The molecular weight excluding hydrogens is 262 g/mol. The second-order valence-corrected chi connectivity index (χ2v) is 5.17. The van der Waals surface area contributed by atoms with Crippen molar-refractivity contribution in [3.05, 3.63) is 30.1 Å². The van der Waals surface area contributed by atoms with Crippen LogP contribution in [-0.4, -0.2) is 35.4 Å². The van der Waals surface area contributed by atoms with E-state index in [0.29, 0.717) is 5.91 Å². The first-order chi connectivity index (χ1) is 8.86. The largest absolute Gasteiger partial charge is 0.335 e. The third kappa shape index (κ3) is 2.90. The number of carbonyl (C=O) groups excluding carboxylic acids is 1. The van der Waals surface area contributed by atoms with Crippen molar-refractivity contribution in [1.29, 1.82) is 0 Å². The fourth-order valence-corrected chi connectivity index (χ4v) is 3.05. The lowest BCUT2D eigenvalue weighted by atomic mass is 10.0. The van der Waals surface area contributed by atoms with E-state index in [1.165, 1.54) is 5.56 Å². The van der Waals surface area contributed by atoms with Gasteiger partial charge in [0.05, 0.1) is 12.0 Å². The summed E-state index contributed by atoms with van der Waals surface area (Å²) < 4.78 is 0. The van der Waals surface area contributed by atoms with Crippen LogP contribution >= 0.6 is 12.4 Å². The number of aromatic nitrogens is 1. The first-order valence-corrected chi connectivity index (χ1v) is 6.77. The number of pyridine rings is 1.